The minimum Gasteiger partial charge on any atom is -0.351 e. The van der Waals surface area contributed by atoms with E-state index in [9.17, 15) is 14.0 Å². The van der Waals surface area contributed by atoms with E-state index in [1.165, 1.54) is 10.6 Å². The van der Waals surface area contributed by atoms with Gasteiger partial charge in [-0.25, -0.2) is 14.4 Å². The van der Waals surface area contributed by atoms with E-state index in [-0.39, 0.29) is 28.0 Å². The lowest BCUT2D eigenvalue weighted by Gasteiger charge is -2.33. The van der Waals surface area contributed by atoms with E-state index in [0.29, 0.717) is 30.3 Å². The lowest BCUT2D eigenvalue weighted by Crippen LogP contribution is -2.44. The minimum atomic E-state index is -0.542. The monoisotopic (exact) mass is 499 g/mol. The summed E-state index contributed by atoms with van der Waals surface area (Å²) in [7, 11) is 0. The van der Waals surface area contributed by atoms with Gasteiger partial charge in [0.2, 0.25) is 11.9 Å². The first kappa shape index (κ1) is 22.1. The van der Waals surface area contributed by atoms with Gasteiger partial charge in [-0.1, -0.05) is 34.1 Å². The van der Waals surface area contributed by atoms with E-state index in [4.69, 9.17) is 0 Å². The molecule has 0 radical (unpaired) electrons. The number of rotatable bonds is 5. The standard InChI is InChI=1S/C23H23BrFN5O2/c1-15(24)22(32)29-11-8-17(9-12-29)27-23-26-14-19(25)21(28-23)16-5-4-6-18(13-16)30-10-3-2-7-20(30)31/h2-7,10,13-15,17H,8-9,11-12H2,1H3,(H,26,27,28). The number of amides is 1. The van der Waals surface area contributed by atoms with Gasteiger partial charge in [-0.05, 0) is 38.0 Å². The molecule has 1 fully saturated rings. The maximum absolute atomic E-state index is 14.6. The van der Waals surface area contributed by atoms with Gasteiger partial charge in [0.15, 0.2) is 5.82 Å². The zero-order valence-corrected chi connectivity index (χ0v) is 19.1. The molecule has 1 aromatic carbocycles. The summed E-state index contributed by atoms with van der Waals surface area (Å²) < 4.78 is 16.1. The van der Waals surface area contributed by atoms with Gasteiger partial charge in [-0.2, -0.15) is 0 Å². The highest BCUT2D eigenvalue weighted by Crippen LogP contribution is 2.24. The van der Waals surface area contributed by atoms with Crippen molar-refractivity contribution in [2.45, 2.75) is 30.6 Å². The maximum Gasteiger partial charge on any atom is 0.255 e. The minimum absolute atomic E-state index is 0.0844. The first-order chi connectivity index (χ1) is 15.4. The van der Waals surface area contributed by atoms with E-state index in [0.717, 1.165) is 19.0 Å². The van der Waals surface area contributed by atoms with Crippen LogP contribution in [0.25, 0.3) is 16.9 Å². The van der Waals surface area contributed by atoms with E-state index < -0.39 is 5.82 Å². The fourth-order valence-electron chi connectivity index (χ4n) is 3.76. The Morgan fingerprint density at radius 3 is 2.72 bits per heavy atom. The van der Waals surface area contributed by atoms with Crippen LogP contribution in [0, 0.1) is 5.82 Å². The van der Waals surface area contributed by atoms with Crippen molar-refractivity contribution in [3.63, 3.8) is 0 Å². The van der Waals surface area contributed by atoms with Crippen molar-refractivity contribution in [2.75, 3.05) is 18.4 Å². The summed E-state index contributed by atoms with van der Waals surface area (Å²) in [5.41, 5.74) is 1.16. The van der Waals surface area contributed by atoms with Crippen LogP contribution < -0.4 is 10.9 Å². The fourth-order valence-corrected chi connectivity index (χ4v) is 4.05. The number of pyridine rings is 1. The lowest BCUT2D eigenvalue weighted by molar-refractivity contribution is -0.131. The second-order valence-corrected chi connectivity index (χ2v) is 9.08. The van der Waals surface area contributed by atoms with Crippen molar-refractivity contribution < 1.29 is 9.18 Å². The second kappa shape index (κ2) is 9.60. The molecule has 1 unspecified atom stereocenters. The fraction of sp³-hybridized carbons (Fsp3) is 0.304. The van der Waals surface area contributed by atoms with Crippen LogP contribution in [0.1, 0.15) is 19.8 Å². The molecule has 0 spiro atoms. The average Bonchev–Trinajstić information content (AvgIpc) is 2.80. The number of aromatic nitrogens is 3. The van der Waals surface area contributed by atoms with Gasteiger partial charge in [0, 0.05) is 42.6 Å². The van der Waals surface area contributed by atoms with Gasteiger partial charge in [0.25, 0.3) is 5.56 Å². The van der Waals surface area contributed by atoms with Crippen molar-refractivity contribution in [2.24, 2.45) is 0 Å². The third kappa shape index (κ3) is 4.88. The van der Waals surface area contributed by atoms with Crippen LogP contribution in [0.3, 0.4) is 0 Å². The molecule has 2 aromatic heterocycles. The van der Waals surface area contributed by atoms with Crippen molar-refractivity contribution in [1.82, 2.24) is 19.4 Å². The number of hydrogen-bond acceptors (Lipinski definition) is 5. The summed E-state index contributed by atoms with van der Waals surface area (Å²) in [5, 5.41) is 3.27. The first-order valence-electron chi connectivity index (χ1n) is 10.4. The molecule has 0 aliphatic carbocycles. The number of piperidine rings is 1. The van der Waals surface area contributed by atoms with Gasteiger partial charge in [0.1, 0.15) is 5.69 Å². The Morgan fingerprint density at radius 2 is 2.00 bits per heavy atom. The molecule has 9 heteroatoms. The van der Waals surface area contributed by atoms with Gasteiger partial charge in [-0.3, -0.25) is 14.2 Å². The summed E-state index contributed by atoms with van der Waals surface area (Å²) in [6, 6.07) is 12.0. The number of hydrogen-bond donors (Lipinski definition) is 1. The third-order valence-electron chi connectivity index (χ3n) is 5.44. The number of carbonyl (C=O) groups is 1. The Bertz CT molecular complexity index is 1170. The van der Waals surface area contributed by atoms with Crippen molar-refractivity contribution in [1.29, 1.82) is 0 Å². The molecule has 1 saturated heterocycles. The molecule has 7 nitrogen and oxygen atoms in total. The van der Waals surface area contributed by atoms with Crippen LogP contribution in [-0.4, -0.2) is 49.3 Å². The van der Waals surface area contributed by atoms with Gasteiger partial charge in [-0.15, -0.1) is 0 Å². The smallest absolute Gasteiger partial charge is 0.255 e. The average molecular weight is 500 g/mol. The van der Waals surface area contributed by atoms with Crippen molar-refractivity contribution in [3.8, 4) is 16.9 Å². The number of halogens is 2. The van der Waals surface area contributed by atoms with E-state index in [1.54, 1.807) is 42.6 Å². The second-order valence-electron chi connectivity index (χ2n) is 7.71. The van der Waals surface area contributed by atoms with E-state index >= 15 is 0 Å². The number of alkyl halides is 1. The normalized spacial score (nSPS) is 15.4. The highest BCUT2D eigenvalue weighted by molar-refractivity contribution is 9.10. The lowest BCUT2D eigenvalue weighted by atomic mass is 10.0. The summed E-state index contributed by atoms with van der Waals surface area (Å²) in [6.45, 7) is 3.12. The number of carbonyl (C=O) groups excluding carboxylic acids is 1. The molecular weight excluding hydrogens is 477 g/mol. The molecule has 4 rings (SSSR count). The molecule has 3 aromatic rings. The zero-order valence-electron chi connectivity index (χ0n) is 17.5. The van der Waals surface area contributed by atoms with Crippen LogP contribution in [-0.2, 0) is 4.79 Å². The number of nitrogens with zero attached hydrogens (tertiary/aromatic N) is 4. The van der Waals surface area contributed by atoms with E-state index in [2.05, 4.69) is 31.2 Å². The molecule has 32 heavy (non-hydrogen) atoms. The summed E-state index contributed by atoms with van der Waals surface area (Å²) in [6.07, 6.45) is 4.33. The zero-order chi connectivity index (χ0) is 22.7. The van der Waals surface area contributed by atoms with E-state index in [1.807, 2.05) is 11.8 Å². The Morgan fingerprint density at radius 1 is 1.22 bits per heavy atom. The molecule has 1 aliphatic heterocycles. The van der Waals surface area contributed by atoms with Crippen LogP contribution in [0.4, 0.5) is 10.3 Å². The number of benzene rings is 1. The molecule has 1 aliphatic rings. The largest absolute Gasteiger partial charge is 0.351 e. The summed E-state index contributed by atoms with van der Waals surface area (Å²) >= 11 is 3.32. The van der Waals surface area contributed by atoms with Gasteiger partial charge >= 0.3 is 0 Å². The van der Waals surface area contributed by atoms with Crippen LogP contribution in [0.5, 0.6) is 0 Å². The Labute approximate surface area is 193 Å². The van der Waals surface area contributed by atoms with Crippen molar-refractivity contribution >= 4 is 27.8 Å². The summed E-state index contributed by atoms with van der Waals surface area (Å²) in [4.78, 5) is 34.4. The first-order valence-corrected chi connectivity index (χ1v) is 11.3. The SMILES string of the molecule is CC(Br)C(=O)N1CCC(Nc2ncc(F)c(-c3cccc(-n4ccccc4=O)c3)n2)CC1. The molecule has 3 heterocycles. The Balaban J connectivity index is 1.52. The molecule has 1 N–H and O–H groups in total. The molecule has 1 amide bonds. The molecule has 0 saturated carbocycles. The predicted molar refractivity (Wildman–Crippen MR) is 125 cm³/mol. The molecule has 0 bridgehead atoms. The van der Waals surface area contributed by atoms with Crippen LogP contribution in [0.2, 0.25) is 0 Å². The third-order valence-corrected chi connectivity index (χ3v) is 5.84. The number of likely N-dealkylation sites (tertiary alicyclic amines) is 1. The van der Waals surface area contributed by atoms with Gasteiger partial charge < -0.3 is 10.2 Å². The maximum atomic E-state index is 14.6. The predicted octanol–water partition coefficient (Wildman–Crippen LogP) is 3.62. The van der Waals surface area contributed by atoms with Gasteiger partial charge in [0.05, 0.1) is 11.0 Å². The van der Waals surface area contributed by atoms with Crippen LogP contribution in [0.15, 0.2) is 59.7 Å². The topological polar surface area (TPSA) is 80.1 Å². The van der Waals surface area contributed by atoms with Crippen molar-refractivity contribution in [3.05, 3.63) is 71.0 Å². The highest BCUT2D eigenvalue weighted by Gasteiger charge is 2.25. The Kier molecular flexibility index (Phi) is 6.64. The molecule has 166 valence electrons. The molecular formula is C23H23BrFN5O2. The Hall–Kier alpha value is -3.07. The summed E-state index contributed by atoms with van der Waals surface area (Å²) in [5.74, 6) is -0.122. The number of nitrogens with one attached hydrogen (secondary N) is 1. The van der Waals surface area contributed by atoms with Crippen LogP contribution >= 0.6 is 15.9 Å². The number of anilines is 1. The quantitative estimate of drug-likeness (QED) is 0.542. The molecule has 1 atom stereocenters. The highest BCUT2D eigenvalue weighted by atomic mass is 79.9.